The first-order valence-corrected chi connectivity index (χ1v) is 3.58. The number of Topliss-reactive ketones (excluding diaryl/α,β-unsaturated/α-hetero) is 1. The molecule has 0 aromatic carbocycles. The fourth-order valence-corrected chi connectivity index (χ4v) is 0.729. The van der Waals surface area contributed by atoms with Crippen LogP contribution in [0.15, 0.2) is 12.7 Å². The summed E-state index contributed by atoms with van der Waals surface area (Å²) >= 11 is 0. The largest absolute Gasteiger partial charge is 0.313 e. The number of carbonyl (C=O) groups is 1. The minimum Gasteiger partial charge on any atom is -0.313 e. The maximum absolute atomic E-state index is 10.8. The molecule has 0 saturated carbocycles. The minimum absolute atomic E-state index is 0.282. The predicted octanol–water partition coefficient (Wildman–Crippen LogP) is 1.13. The van der Waals surface area contributed by atoms with Crippen LogP contribution in [0.2, 0.25) is 0 Å². The van der Waals surface area contributed by atoms with Gasteiger partial charge in [0.2, 0.25) is 0 Å². The molecule has 0 unspecified atom stereocenters. The topological polar surface area (TPSA) is 29.1 Å². The summed E-state index contributed by atoms with van der Waals surface area (Å²) in [6.45, 7) is 4.07. The number of nitrogens with one attached hydrogen (secondary N) is 1. The van der Waals surface area contributed by atoms with E-state index in [0.717, 1.165) is 12.8 Å². The molecule has 0 amide bonds. The highest BCUT2D eigenvalue weighted by atomic mass is 16.1. The Kier molecular flexibility index (Phi) is 6.08. The zero-order valence-electron chi connectivity index (χ0n) is 6.52. The van der Waals surface area contributed by atoms with Crippen LogP contribution in [-0.2, 0) is 4.79 Å². The van der Waals surface area contributed by atoms with E-state index in [9.17, 15) is 4.79 Å². The van der Waals surface area contributed by atoms with Gasteiger partial charge in [-0.05, 0) is 19.9 Å². The van der Waals surface area contributed by atoms with E-state index in [1.54, 1.807) is 7.05 Å². The van der Waals surface area contributed by atoms with Gasteiger partial charge in [-0.25, -0.2) is 0 Å². The highest BCUT2D eigenvalue weighted by molar-refractivity contribution is 5.80. The second-order valence-corrected chi connectivity index (χ2v) is 2.25. The SMILES string of the molecule is C=CCCCC(=O)CNC. The van der Waals surface area contributed by atoms with Gasteiger partial charge >= 0.3 is 0 Å². The second-order valence-electron chi connectivity index (χ2n) is 2.25. The van der Waals surface area contributed by atoms with Crippen LogP contribution in [0, 0.1) is 0 Å². The van der Waals surface area contributed by atoms with E-state index >= 15 is 0 Å². The normalized spacial score (nSPS) is 9.30. The van der Waals surface area contributed by atoms with Crippen molar-refractivity contribution < 1.29 is 4.79 Å². The third kappa shape index (κ3) is 5.51. The third-order valence-corrected chi connectivity index (χ3v) is 1.24. The molecule has 0 heterocycles. The van der Waals surface area contributed by atoms with Crippen LogP contribution in [0.3, 0.4) is 0 Å². The molecule has 0 bridgehead atoms. The monoisotopic (exact) mass is 141 g/mol. The van der Waals surface area contributed by atoms with Crippen LogP contribution < -0.4 is 5.32 Å². The molecule has 0 aromatic heterocycles. The Morgan fingerprint density at radius 1 is 1.70 bits per heavy atom. The van der Waals surface area contributed by atoms with Gasteiger partial charge in [-0.1, -0.05) is 6.08 Å². The fraction of sp³-hybridized carbons (Fsp3) is 0.625. The Morgan fingerprint density at radius 3 is 2.90 bits per heavy atom. The van der Waals surface area contributed by atoms with Crippen LogP contribution in [0.4, 0.5) is 0 Å². The summed E-state index contributed by atoms with van der Waals surface area (Å²) in [6.07, 6.45) is 4.39. The molecule has 10 heavy (non-hydrogen) atoms. The van der Waals surface area contributed by atoms with Crippen molar-refractivity contribution in [2.45, 2.75) is 19.3 Å². The molecule has 0 aromatic rings. The van der Waals surface area contributed by atoms with Crippen LogP contribution in [0.5, 0.6) is 0 Å². The maximum Gasteiger partial charge on any atom is 0.146 e. The molecule has 2 nitrogen and oxygen atoms in total. The summed E-state index contributed by atoms with van der Waals surface area (Å²) in [7, 11) is 1.78. The van der Waals surface area contributed by atoms with Gasteiger partial charge in [0.05, 0.1) is 6.54 Å². The molecule has 0 spiro atoms. The van der Waals surface area contributed by atoms with Gasteiger partial charge in [0.25, 0.3) is 0 Å². The van der Waals surface area contributed by atoms with Crippen molar-refractivity contribution in [3.8, 4) is 0 Å². The van der Waals surface area contributed by atoms with Gasteiger partial charge in [-0.15, -0.1) is 6.58 Å². The Balaban J connectivity index is 3.13. The van der Waals surface area contributed by atoms with Crippen LogP contribution in [-0.4, -0.2) is 19.4 Å². The van der Waals surface area contributed by atoms with E-state index in [1.165, 1.54) is 0 Å². The number of hydrogen-bond donors (Lipinski definition) is 1. The van der Waals surface area contributed by atoms with Crippen LogP contribution in [0.25, 0.3) is 0 Å². The van der Waals surface area contributed by atoms with Crippen molar-refractivity contribution in [1.29, 1.82) is 0 Å². The predicted molar refractivity (Wildman–Crippen MR) is 43.0 cm³/mol. The van der Waals surface area contributed by atoms with Gasteiger partial charge < -0.3 is 5.32 Å². The first kappa shape index (κ1) is 9.37. The van der Waals surface area contributed by atoms with Gasteiger partial charge in [0, 0.05) is 6.42 Å². The summed E-state index contributed by atoms with van der Waals surface area (Å²) in [4.78, 5) is 10.8. The molecule has 58 valence electrons. The van der Waals surface area contributed by atoms with Crippen molar-refractivity contribution in [1.82, 2.24) is 5.32 Å². The van der Waals surface area contributed by atoms with E-state index in [-0.39, 0.29) is 5.78 Å². The lowest BCUT2D eigenvalue weighted by molar-refractivity contribution is -0.118. The molecule has 0 aliphatic carbocycles. The summed E-state index contributed by atoms with van der Waals surface area (Å²) in [5.74, 6) is 0.282. The highest BCUT2D eigenvalue weighted by Gasteiger charge is 1.96. The Bertz CT molecular complexity index is 110. The molecular formula is C8H15NO. The lowest BCUT2D eigenvalue weighted by Gasteiger charge is -1.96. The molecule has 2 heteroatoms. The molecule has 0 aliphatic rings. The van der Waals surface area contributed by atoms with Crippen molar-refractivity contribution in [2.75, 3.05) is 13.6 Å². The smallest absolute Gasteiger partial charge is 0.146 e. The van der Waals surface area contributed by atoms with Crippen molar-refractivity contribution in [3.63, 3.8) is 0 Å². The van der Waals surface area contributed by atoms with E-state index in [0.29, 0.717) is 13.0 Å². The van der Waals surface area contributed by atoms with E-state index in [1.807, 2.05) is 6.08 Å². The quantitative estimate of drug-likeness (QED) is 0.444. The molecule has 0 fully saturated rings. The molecule has 0 radical (unpaired) electrons. The number of hydrogen-bond acceptors (Lipinski definition) is 2. The first-order valence-electron chi connectivity index (χ1n) is 3.58. The standard InChI is InChI=1S/C8H15NO/c1-3-4-5-6-8(10)7-9-2/h3,9H,1,4-7H2,2H3. The Labute approximate surface area is 62.3 Å². The summed E-state index contributed by atoms with van der Waals surface area (Å²) in [5.41, 5.74) is 0. The first-order chi connectivity index (χ1) is 4.81. The van der Waals surface area contributed by atoms with E-state index in [2.05, 4.69) is 11.9 Å². The lowest BCUT2D eigenvalue weighted by Crippen LogP contribution is -2.17. The zero-order chi connectivity index (χ0) is 7.82. The summed E-state index contributed by atoms with van der Waals surface area (Å²) < 4.78 is 0. The third-order valence-electron chi connectivity index (χ3n) is 1.24. The zero-order valence-corrected chi connectivity index (χ0v) is 6.52. The number of rotatable bonds is 6. The van der Waals surface area contributed by atoms with Gasteiger partial charge in [0.15, 0.2) is 0 Å². The van der Waals surface area contributed by atoms with Gasteiger partial charge in [0.1, 0.15) is 5.78 Å². The van der Waals surface area contributed by atoms with Gasteiger partial charge in [-0.3, -0.25) is 4.79 Å². The molecular weight excluding hydrogens is 126 g/mol. The van der Waals surface area contributed by atoms with Crippen LogP contribution in [0.1, 0.15) is 19.3 Å². The van der Waals surface area contributed by atoms with E-state index < -0.39 is 0 Å². The average Bonchev–Trinajstić information content (AvgIpc) is 1.89. The van der Waals surface area contributed by atoms with Crippen molar-refractivity contribution >= 4 is 5.78 Å². The molecule has 0 atom stereocenters. The number of likely N-dealkylation sites (N-methyl/N-ethyl adjacent to an activating group) is 1. The maximum atomic E-state index is 10.8. The molecule has 1 N–H and O–H groups in total. The summed E-state index contributed by atoms with van der Waals surface area (Å²) in [6, 6.07) is 0. The molecule has 0 aliphatic heterocycles. The van der Waals surface area contributed by atoms with Crippen molar-refractivity contribution in [3.05, 3.63) is 12.7 Å². The number of carbonyl (C=O) groups excluding carboxylic acids is 1. The highest BCUT2D eigenvalue weighted by Crippen LogP contribution is 1.95. The summed E-state index contributed by atoms with van der Waals surface area (Å²) in [5, 5.41) is 2.82. The van der Waals surface area contributed by atoms with E-state index in [4.69, 9.17) is 0 Å². The number of allylic oxidation sites excluding steroid dienone is 1. The lowest BCUT2D eigenvalue weighted by atomic mass is 10.2. The number of ketones is 1. The average molecular weight is 141 g/mol. The second kappa shape index (κ2) is 6.49. The molecule has 0 saturated heterocycles. The van der Waals surface area contributed by atoms with Gasteiger partial charge in [-0.2, -0.15) is 0 Å². The Morgan fingerprint density at radius 2 is 2.40 bits per heavy atom. The van der Waals surface area contributed by atoms with Crippen LogP contribution >= 0.6 is 0 Å². The fourth-order valence-electron chi connectivity index (χ4n) is 0.729. The number of unbranched alkanes of at least 4 members (excludes halogenated alkanes) is 1. The Hall–Kier alpha value is -0.630. The molecule has 0 rings (SSSR count). The van der Waals surface area contributed by atoms with Crippen molar-refractivity contribution in [2.24, 2.45) is 0 Å². The minimum atomic E-state index is 0.282.